The van der Waals surface area contributed by atoms with Crippen LogP contribution in [-0.4, -0.2) is 23.5 Å². The summed E-state index contributed by atoms with van der Waals surface area (Å²) in [5.74, 6) is -1.21. The summed E-state index contributed by atoms with van der Waals surface area (Å²) in [7, 11) is 0. The van der Waals surface area contributed by atoms with E-state index in [1.807, 2.05) is 29.0 Å². The smallest absolute Gasteiger partial charge is 0.304 e. The summed E-state index contributed by atoms with van der Waals surface area (Å²) < 4.78 is 0. The van der Waals surface area contributed by atoms with E-state index in [0.29, 0.717) is 6.54 Å². The van der Waals surface area contributed by atoms with Gasteiger partial charge < -0.3 is 10.4 Å². The Morgan fingerprint density at radius 1 is 1.24 bits per heavy atom. The number of carboxylic acids is 1. The highest BCUT2D eigenvalue weighted by atomic mass is 32.1. The van der Waals surface area contributed by atoms with Gasteiger partial charge in [0.1, 0.15) is 0 Å². The number of amides is 1. The standard InChI is InChI=1S/C15H17NO3S2/c17-14(16-5-3-11-4-7-20-10-11)8-12(9-15(18)19)13-2-1-6-21-13/h1-2,4,6-7,10,12H,3,5,8-9H2,(H,16,17)(H,18,19). The molecule has 112 valence electrons. The molecular weight excluding hydrogens is 306 g/mol. The van der Waals surface area contributed by atoms with Gasteiger partial charge in [0.15, 0.2) is 0 Å². The fourth-order valence-electron chi connectivity index (χ4n) is 2.08. The van der Waals surface area contributed by atoms with Crippen LogP contribution in [0.5, 0.6) is 0 Å². The maximum absolute atomic E-state index is 12.0. The summed E-state index contributed by atoms with van der Waals surface area (Å²) in [6, 6.07) is 5.80. The van der Waals surface area contributed by atoms with Crippen molar-refractivity contribution in [3.63, 3.8) is 0 Å². The third-order valence-corrected chi connectivity index (χ3v) is 4.88. The van der Waals surface area contributed by atoms with Gasteiger partial charge in [0.2, 0.25) is 5.91 Å². The Bertz CT molecular complexity index is 564. The molecule has 0 aliphatic rings. The number of thiophene rings is 2. The normalized spacial score (nSPS) is 12.0. The molecule has 0 aliphatic carbocycles. The first-order valence-corrected chi connectivity index (χ1v) is 8.50. The van der Waals surface area contributed by atoms with Crippen molar-refractivity contribution in [1.82, 2.24) is 5.32 Å². The molecule has 2 rings (SSSR count). The Labute approximate surface area is 131 Å². The van der Waals surface area contributed by atoms with Crippen LogP contribution in [-0.2, 0) is 16.0 Å². The third-order valence-electron chi connectivity index (χ3n) is 3.11. The monoisotopic (exact) mass is 323 g/mol. The summed E-state index contributed by atoms with van der Waals surface area (Å²) in [5, 5.41) is 17.8. The summed E-state index contributed by atoms with van der Waals surface area (Å²) in [6.45, 7) is 0.583. The molecule has 0 saturated carbocycles. The minimum Gasteiger partial charge on any atom is -0.481 e. The molecule has 0 radical (unpaired) electrons. The second-order valence-electron chi connectivity index (χ2n) is 4.75. The van der Waals surface area contributed by atoms with Gasteiger partial charge in [0.05, 0.1) is 6.42 Å². The molecule has 2 aromatic heterocycles. The zero-order chi connectivity index (χ0) is 15.1. The van der Waals surface area contributed by atoms with Crippen LogP contribution in [0.1, 0.15) is 29.2 Å². The van der Waals surface area contributed by atoms with Crippen molar-refractivity contribution in [2.45, 2.75) is 25.2 Å². The molecule has 21 heavy (non-hydrogen) atoms. The van der Waals surface area contributed by atoms with Gasteiger partial charge in [0.25, 0.3) is 0 Å². The lowest BCUT2D eigenvalue weighted by Crippen LogP contribution is -2.27. The van der Waals surface area contributed by atoms with Crippen molar-refractivity contribution >= 4 is 34.6 Å². The van der Waals surface area contributed by atoms with Gasteiger partial charge in [-0.15, -0.1) is 11.3 Å². The van der Waals surface area contributed by atoms with Crippen molar-refractivity contribution in [3.05, 3.63) is 44.8 Å². The molecule has 2 aromatic rings. The van der Waals surface area contributed by atoms with E-state index in [-0.39, 0.29) is 24.7 Å². The average molecular weight is 323 g/mol. The van der Waals surface area contributed by atoms with E-state index in [2.05, 4.69) is 10.7 Å². The first-order chi connectivity index (χ1) is 10.1. The molecule has 1 amide bonds. The van der Waals surface area contributed by atoms with E-state index in [1.54, 1.807) is 11.3 Å². The fraction of sp³-hybridized carbons (Fsp3) is 0.333. The molecule has 0 fully saturated rings. The number of hydrogen-bond donors (Lipinski definition) is 2. The van der Waals surface area contributed by atoms with Gasteiger partial charge in [-0.05, 0) is 40.3 Å². The van der Waals surface area contributed by atoms with Crippen molar-refractivity contribution in [2.24, 2.45) is 0 Å². The lowest BCUT2D eigenvalue weighted by atomic mass is 9.99. The van der Waals surface area contributed by atoms with Crippen molar-refractivity contribution < 1.29 is 14.7 Å². The van der Waals surface area contributed by atoms with Gasteiger partial charge in [-0.1, -0.05) is 6.07 Å². The lowest BCUT2D eigenvalue weighted by molar-refractivity contribution is -0.137. The van der Waals surface area contributed by atoms with Gasteiger partial charge in [0, 0.05) is 23.8 Å². The summed E-state index contributed by atoms with van der Waals surface area (Å²) in [4.78, 5) is 23.8. The minimum atomic E-state index is -0.875. The number of carboxylic acid groups (broad SMARTS) is 1. The maximum atomic E-state index is 12.0. The van der Waals surface area contributed by atoms with E-state index in [4.69, 9.17) is 5.11 Å². The molecule has 0 bridgehead atoms. The lowest BCUT2D eigenvalue weighted by Gasteiger charge is -2.13. The van der Waals surface area contributed by atoms with Crippen LogP contribution in [0.15, 0.2) is 34.3 Å². The molecule has 2 N–H and O–H groups in total. The average Bonchev–Trinajstić information content (AvgIpc) is 3.10. The van der Waals surface area contributed by atoms with Crippen LogP contribution in [0.3, 0.4) is 0 Å². The molecule has 1 unspecified atom stereocenters. The largest absolute Gasteiger partial charge is 0.481 e. The van der Waals surface area contributed by atoms with Crippen molar-refractivity contribution in [3.8, 4) is 0 Å². The first-order valence-electron chi connectivity index (χ1n) is 6.68. The van der Waals surface area contributed by atoms with Crippen LogP contribution in [0.25, 0.3) is 0 Å². The van der Waals surface area contributed by atoms with Crippen LogP contribution < -0.4 is 5.32 Å². The zero-order valence-corrected chi connectivity index (χ0v) is 13.1. The fourth-order valence-corrected chi connectivity index (χ4v) is 3.62. The van der Waals surface area contributed by atoms with Crippen molar-refractivity contribution in [2.75, 3.05) is 6.54 Å². The summed E-state index contributed by atoms with van der Waals surface area (Å²) in [5.41, 5.74) is 1.21. The van der Waals surface area contributed by atoms with Crippen LogP contribution >= 0.6 is 22.7 Å². The Morgan fingerprint density at radius 2 is 2.10 bits per heavy atom. The first kappa shape index (κ1) is 15.7. The number of aliphatic carboxylic acids is 1. The molecule has 0 aliphatic heterocycles. The van der Waals surface area contributed by atoms with E-state index in [0.717, 1.165) is 11.3 Å². The number of rotatable bonds is 8. The quantitative estimate of drug-likeness (QED) is 0.784. The van der Waals surface area contributed by atoms with Crippen molar-refractivity contribution in [1.29, 1.82) is 0 Å². The summed E-state index contributed by atoms with van der Waals surface area (Å²) in [6.07, 6.45) is 1.01. The molecule has 0 spiro atoms. The van der Waals surface area contributed by atoms with E-state index >= 15 is 0 Å². The second kappa shape index (κ2) is 7.95. The molecule has 0 saturated heterocycles. The number of nitrogens with one attached hydrogen (secondary N) is 1. The zero-order valence-electron chi connectivity index (χ0n) is 11.5. The van der Waals surface area contributed by atoms with Gasteiger partial charge in [-0.3, -0.25) is 9.59 Å². The van der Waals surface area contributed by atoms with E-state index in [1.165, 1.54) is 16.9 Å². The molecule has 4 nitrogen and oxygen atoms in total. The molecular formula is C15H17NO3S2. The Hall–Kier alpha value is -1.66. The van der Waals surface area contributed by atoms with Crippen LogP contribution in [0.4, 0.5) is 0 Å². The van der Waals surface area contributed by atoms with Crippen LogP contribution in [0.2, 0.25) is 0 Å². The molecule has 1 atom stereocenters. The summed E-state index contributed by atoms with van der Waals surface area (Å²) >= 11 is 3.13. The maximum Gasteiger partial charge on any atom is 0.304 e. The molecule has 2 heterocycles. The number of carbonyl (C=O) groups excluding carboxylic acids is 1. The van der Waals surface area contributed by atoms with Crippen LogP contribution in [0, 0.1) is 0 Å². The number of hydrogen-bond acceptors (Lipinski definition) is 4. The van der Waals surface area contributed by atoms with Gasteiger partial charge in [-0.25, -0.2) is 0 Å². The van der Waals surface area contributed by atoms with E-state index in [9.17, 15) is 9.59 Å². The second-order valence-corrected chi connectivity index (χ2v) is 6.51. The third kappa shape index (κ3) is 5.32. The number of carbonyl (C=O) groups is 2. The Balaban J connectivity index is 1.81. The molecule has 0 aromatic carbocycles. The topological polar surface area (TPSA) is 66.4 Å². The molecule has 6 heteroatoms. The highest BCUT2D eigenvalue weighted by Crippen LogP contribution is 2.27. The predicted molar refractivity (Wildman–Crippen MR) is 85.0 cm³/mol. The van der Waals surface area contributed by atoms with E-state index < -0.39 is 5.97 Å². The highest BCUT2D eigenvalue weighted by molar-refractivity contribution is 7.10. The van der Waals surface area contributed by atoms with Gasteiger partial charge >= 0.3 is 5.97 Å². The minimum absolute atomic E-state index is 0.0154. The Morgan fingerprint density at radius 3 is 2.71 bits per heavy atom. The SMILES string of the molecule is O=C(O)CC(CC(=O)NCCc1ccsc1)c1cccs1. The Kier molecular flexibility index (Phi) is 5.95. The predicted octanol–water partition coefficient (Wildman–Crippen LogP) is 3.12. The highest BCUT2D eigenvalue weighted by Gasteiger charge is 2.20. The van der Waals surface area contributed by atoms with Gasteiger partial charge in [-0.2, -0.15) is 11.3 Å².